The Morgan fingerprint density at radius 2 is 1.69 bits per heavy atom. The summed E-state index contributed by atoms with van der Waals surface area (Å²) in [7, 11) is 1.87. The predicted octanol–water partition coefficient (Wildman–Crippen LogP) is 3.77. The molecule has 2 aromatic carbocycles. The van der Waals surface area contributed by atoms with E-state index in [0.717, 1.165) is 33.6 Å². The third kappa shape index (κ3) is 4.21. The van der Waals surface area contributed by atoms with E-state index in [2.05, 4.69) is 20.4 Å². The zero-order valence-electron chi connectivity index (χ0n) is 16.3. The largest absolute Gasteiger partial charge is 0.388 e. The normalized spacial score (nSPS) is 10.7. The van der Waals surface area contributed by atoms with Crippen LogP contribution in [0, 0.1) is 6.92 Å². The number of nitrogens with one attached hydrogen (secondary N) is 1. The molecule has 0 amide bonds. The molecule has 0 aliphatic carbocycles. The van der Waals surface area contributed by atoms with Crippen LogP contribution in [0.25, 0.3) is 22.6 Å². The predicted molar refractivity (Wildman–Crippen MR) is 115 cm³/mol. The minimum atomic E-state index is -0.143. The Kier molecular flexibility index (Phi) is 5.16. The number of benzene rings is 2. The van der Waals surface area contributed by atoms with Crippen molar-refractivity contribution >= 4 is 5.69 Å². The fourth-order valence-corrected chi connectivity index (χ4v) is 3.07. The average molecular weight is 383 g/mol. The molecule has 0 bridgehead atoms. The Hall–Kier alpha value is -3.80. The van der Waals surface area contributed by atoms with Crippen LogP contribution in [-0.4, -0.2) is 26.8 Å². The van der Waals surface area contributed by atoms with Crippen molar-refractivity contribution in [1.82, 2.24) is 19.7 Å². The van der Waals surface area contributed by atoms with Crippen LogP contribution in [0.1, 0.15) is 11.1 Å². The maximum absolute atomic E-state index is 12.4. The van der Waals surface area contributed by atoms with Crippen molar-refractivity contribution in [3.05, 3.63) is 94.5 Å². The number of nitrogens with zero attached hydrogens (tertiary/aromatic N) is 4. The maximum Gasteiger partial charge on any atom is 0.267 e. The molecule has 2 heterocycles. The highest BCUT2D eigenvalue weighted by Crippen LogP contribution is 2.20. The minimum absolute atomic E-state index is 0.143. The Labute approximate surface area is 168 Å². The highest BCUT2D eigenvalue weighted by atomic mass is 16.1. The highest BCUT2D eigenvalue weighted by molar-refractivity contribution is 5.64. The van der Waals surface area contributed by atoms with E-state index >= 15 is 0 Å². The van der Waals surface area contributed by atoms with Gasteiger partial charge in [0, 0.05) is 42.3 Å². The SMILES string of the molecule is CNc1cccc(-c2ccc(=O)n(Cc3cccc(-c4ncc(C)cn4)c3)n2)c1. The first-order valence-electron chi connectivity index (χ1n) is 9.37. The number of hydrogen-bond donors (Lipinski definition) is 1. The maximum atomic E-state index is 12.4. The van der Waals surface area contributed by atoms with E-state index in [1.807, 2.05) is 62.5 Å². The second-order valence-electron chi connectivity index (χ2n) is 6.83. The first-order chi connectivity index (χ1) is 14.1. The molecule has 0 aliphatic heterocycles. The van der Waals surface area contributed by atoms with Crippen LogP contribution in [0.5, 0.6) is 0 Å². The summed E-state index contributed by atoms with van der Waals surface area (Å²) in [5.41, 5.74) is 5.44. The Morgan fingerprint density at radius 3 is 2.48 bits per heavy atom. The molecule has 4 aromatic rings. The number of anilines is 1. The van der Waals surface area contributed by atoms with Crippen molar-refractivity contribution in [2.45, 2.75) is 13.5 Å². The summed E-state index contributed by atoms with van der Waals surface area (Å²) in [6.45, 7) is 2.33. The van der Waals surface area contributed by atoms with Gasteiger partial charge in [0.05, 0.1) is 12.2 Å². The standard InChI is InChI=1S/C23H21N5O/c1-16-13-25-23(26-14-16)19-7-3-5-17(11-19)15-28-22(29)10-9-21(27-28)18-6-4-8-20(12-18)24-2/h3-14,24H,15H2,1-2H3. The van der Waals surface area contributed by atoms with Gasteiger partial charge in [-0.2, -0.15) is 5.10 Å². The quantitative estimate of drug-likeness (QED) is 0.568. The monoisotopic (exact) mass is 383 g/mol. The minimum Gasteiger partial charge on any atom is -0.388 e. The topological polar surface area (TPSA) is 72.7 Å². The summed E-state index contributed by atoms with van der Waals surface area (Å²) >= 11 is 0. The summed E-state index contributed by atoms with van der Waals surface area (Å²) in [5, 5.41) is 7.69. The van der Waals surface area contributed by atoms with Crippen LogP contribution < -0.4 is 10.9 Å². The highest BCUT2D eigenvalue weighted by Gasteiger charge is 2.07. The molecule has 0 fully saturated rings. The van der Waals surface area contributed by atoms with E-state index in [-0.39, 0.29) is 5.56 Å². The summed E-state index contributed by atoms with van der Waals surface area (Å²) in [6.07, 6.45) is 3.59. The smallest absolute Gasteiger partial charge is 0.267 e. The van der Waals surface area contributed by atoms with Gasteiger partial charge < -0.3 is 5.32 Å². The van der Waals surface area contributed by atoms with Crippen LogP contribution in [0.15, 0.2) is 77.9 Å². The van der Waals surface area contributed by atoms with Crippen molar-refractivity contribution in [2.75, 3.05) is 12.4 Å². The molecule has 0 saturated carbocycles. The fraction of sp³-hybridized carbons (Fsp3) is 0.130. The Balaban J connectivity index is 1.65. The van der Waals surface area contributed by atoms with Crippen LogP contribution >= 0.6 is 0 Å². The number of rotatable bonds is 5. The summed E-state index contributed by atoms with van der Waals surface area (Å²) < 4.78 is 1.48. The van der Waals surface area contributed by atoms with Crippen molar-refractivity contribution in [3.63, 3.8) is 0 Å². The third-order valence-electron chi connectivity index (χ3n) is 4.61. The van der Waals surface area contributed by atoms with E-state index in [0.29, 0.717) is 12.4 Å². The van der Waals surface area contributed by atoms with E-state index in [4.69, 9.17) is 0 Å². The molecule has 6 nitrogen and oxygen atoms in total. The van der Waals surface area contributed by atoms with Gasteiger partial charge in [-0.25, -0.2) is 14.6 Å². The molecular weight excluding hydrogens is 362 g/mol. The third-order valence-corrected chi connectivity index (χ3v) is 4.61. The molecule has 0 saturated heterocycles. The van der Waals surface area contributed by atoms with Crippen molar-refractivity contribution in [3.8, 4) is 22.6 Å². The average Bonchev–Trinajstić information content (AvgIpc) is 2.76. The fourth-order valence-electron chi connectivity index (χ4n) is 3.07. The molecule has 29 heavy (non-hydrogen) atoms. The lowest BCUT2D eigenvalue weighted by Crippen LogP contribution is -2.22. The summed E-state index contributed by atoms with van der Waals surface area (Å²) in [4.78, 5) is 21.2. The lowest BCUT2D eigenvalue weighted by molar-refractivity contribution is 0.643. The summed E-state index contributed by atoms with van der Waals surface area (Å²) in [5.74, 6) is 0.662. The Morgan fingerprint density at radius 1 is 0.931 bits per heavy atom. The zero-order chi connectivity index (χ0) is 20.2. The lowest BCUT2D eigenvalue weighted by atomic mass is 10.1. The van der Waals surface area contributed by atoms with Gasteiger partial charge in [-0.15, -0.1) is 0 Å². The number of aromatic nitrogens is 4. The van der Waals surface area contributed by atoms with E-state index in [9.17, 15) is 4.79 Å². The molecule has 4 rings (SSSR count). The molecule has 0 radical (unpaired) electrons. The van der Waals surface area contributed by atoms with Gasteiger partial charge in [-0.3, -0.25) is 4.79 Å². The van der Waals surface area contributed by atoms with Crippen molar-refractivity contribution in [1.29, 1.82) is 0 Å². The second-order valence-corrected chi connectivity index (χ2v) is 6.83. The van der Waals surface area contributed by atoms with Gasteiger partial charge in [0.25, 0.3) is 5.56 Å². The van der Waals surface area contributed by atoms with Gasteiger partial charge >= 0.3 is 0 Å². The molecular formula is C23H21N5O. The van der Waals surface area contributed by atoms with E-state index in [1.165, 1.54) is 4.68 Å². The van der Waals surface area contributed by atoms with Gasteiger partial charge in [-0.1, -0.05) is 30.3 Å². The van der Waals surface area contributed by atoms with Gasteiger partial charge in [0.15, 0.2) is 5.82 Å². The van der Waals surface area contributed by atoms with E-state index < -0.39 is 0 Å². The molecule has 0 unspecified atom stereocenters. The second kappa shape index (κ2) is 8.06. The van der Waals surface area contributed by atoms with Gasteiger partial charge in [0.1, 0.15) is 0 Å². The van der Waals surface area contributed by atoms with Crippen molar-refractivity contribution in [2.24, 2.45) is 0 Å². The molecule has 144 valence electrons. The van der Waals surface area contributed by atoms with Crippen LogP contribution in [-0.2, 0) is 6.54 Å². The molecule has 0 atom stereocenters. The zero-order valence-corrected chi connectivity index (χ0v) is 16.3. The Bertz CT molecular complexity index is 1200. The molecule has 0 spiro atoms. The lowest BCUT2D eigenvalue weighted by Gasteiger charge is -2.09. The number of aryl methyl sites for hydroxylation is 1. The molecule has 1 N–H and O–H groups in total. The summed E-state index contributed by atoms with van der Waals surface area (Å²) in [6, 6.07) is 19.1. The van der Waals surface area contributed by atoms with Gasteiger partial charge in [0.2, 0.25) is 0 Å². The first-order valence-corrected chi connectivity index (χ1v) is 9.37. The first kappa shape index (κ1) is 18.6. The van der Waals surface area contributed by atoms with Gasteiger partial charge in [-0.05, 0) is 42.3 Å². The number of hydrogen-bond acceptors (Lipinski definition) is 5. The molecule has 6 heteroatoms. The molecule has 0 aliphatic rings. The van der Waals surface area contributed by atoms with Crippen LogP contribution in [0.4, 0.5) is 5.69 Å². The van der Waals surface area contributed by atoms with E-state index in [1.54, 1.807) is 24.5 Å². The van der Waals surface area contributed by atoms with Crippen LogP contribution in [0.2, 0.25) is 0 Å². The van der Waals surface area contributed by atoms with Crippen molar-refractivity contribution < 1.29 is 0 Å². The molecule has 2 aromatic heterocycles. The van der Waals surface area contributed by atoms with Crippen LogP contribution in [0.3, 0.4) is 0 Å².